The molecule has 1 aromatic carbocycles. The quantitative estimate of drug-likeness (QED) is 0.841. The fraction of sp³-hybridized carbons (Fsp3) is 0.429. The number of sulfone groups is 1. The highest BCUT2D eigenvalue weighted by Crippen LogP contribution is 2.14. The van der Waals surface area contributed by atoms with Crippen LogP contribution in [0.4, 0.5) is 5.69 Å². The number of anilines is 1. The van der Waals surface area contributed by atoms with E-state index in [0.29, 0.717) is 11.3 Å². The smallest absolute Gasteiger partial charge is 0.241 e. The summed E-state index contributed by atoms with van der Waals surface area (Å²) in [5.41, 5.74) is 0.838. The first-order valence-electron chi connectivity index (χ1n) is 6.42. The second-order valence-electron chi connectivity index (χ2n) is 4.93. The number of nitrogens with zero attached hydrogens (tertiary/aromatic N) is 2. The van der Waals surface area contributed by atoms with Crippen LogP contribution in [-0.2, 0) is 14.6 Å². The average molecular weight is 309 g/mol. The second-order valence-corrected chi connectivity index (χ2v) is 7.19. The van der Waals surface area contributed by atoms with E-state index in [1.165, 1.54) is 0 Å². The van der Waals surface area contributed by atoms with Crippen LogP contribution in [0.25, 0.3) is 0 Å². The SMILES string of the molecule is CC(C(=O)Nc1ccccc1C#N)N(C)CCS(C)(=O)=O. The van der Waals surface area contributed by atoms with Gasteiger partial charge in [0.15, 0.2) is 0 Å². The predicted octanol–water partition coefficient (Wildman–Crippen LogP) is 0.862. The summed E-state index contributed by atoms with van der Waals surface area (Å²) < 4.78 is 22.3. The molecule has 21 heavy (non-hydrogen) atoms. The molecule has 0 bridgehead atoms. The molecular weight excluding hydrogens is 290 g/mol. The Morgan fingerprint density at radius 1 is 1.43 bits per heavy atom. The lowest BCUT2D eigenvalue weighted by atomic mass is 10.2. The maximum Gasteiger partial charge on any atom is 0.241 e. The molecular formula is C14H19N3O3S. The van der Waals surface area contributed by atoms with Gasteiger partial charge >= 0.3 is 0 Å². The third-order valence-electron chi connectivity index (χ3n) is 3.16. The molecule has 114 valence electrons. The molecule has 0 radical (unpaired) electrons. The Morgan fingerprint density at radius 2 is 2.05 bits per heavy atom. The Bertz CT molecular complexity index is 650. The summed E-state index contributed by atoms with van der Waals surface area (Å²) in [6, 6.07) is 8.23. The lowest BCUT2D eigenvalue weighted by Gasteiger charge is -2.23. The Hall–Kier alpha value is -1.91. The van der Waals surface area contributed by atoms with Crippen LogP contribution in [0, 0.1) is 11.3 Å². The van der Waals surface area contributed by atoms with Crippen molar-refractivity contribution in [3.63, 3.8) is 0 Å². The molecule has 0 saturated carbocycles. The molecule has 0 aromatic heterocycles. The van der Waals surface area contributed by atoms with Crippen molar-refractivity contribution in [1.82, 2.24) is 4.90 Å². The molecule has 0 fully saturated rings. The Labute approximate surface area is 125 Å². The van der Waals surface area contributed by atoms with Gasteiger partial charge in [0, 0.05) is 12.8 Å². The first-order valence-corrected chi connectivity index (χ1v) is 8.48. The highest BCUT2D eigenvalue weighted by Gasteiger charge is 2.19. The number of amides is 1. The molecule has 1 aromatic rings. The molecule has 0 aliphatic carbocycles. The van der Waals surface area contributed by atoms with E-state index in [9.17, 15) is 13.2 Å². The van der Waals surface area contributed by atoms with Gasteiger partial charge in [0.1, 0.15) is 15.9 Å². The number of nitrogens with one attached hydrogen (secondary N) is 1. The molecule has 7 heteroatoms. The van der Waals surface area contributed by atoms with Crippen LogP contribution in [0.5, 0.6) is 0 Å². The van der Waals surface area contributed by atoms with Crippen molar-refractivity contribution in [2.75, 3.05) is 30.9 Å². The fourth-order valence-corrected chi connectivity index (χ4v) is 2.25. The van der Waals surface area contributed by atoms with Crippen LogP contribution < -0.4 is 5.32 Å². The minimum atomic E-state index is -3.06. The standard InChI is InChI=1S/C14H19N3O3S/c1-11(17(2)8-9-21(3,19)20)14(18)16-13-7-5-4-6-12(13)10-15/h4-7,11H,8-9H2,1-3H3,(H,16,18). The van der Waals surface area contributed by atoms with Gasteiger partial charge in [0.25, 0.3) is 0 Å². The fourth-order valence-electron chi connectivity index (χ4n) is 1.63. The van der Waals surface area contributed by atoms with Gasteiger partial charge in [0.2, 0.25) is 5.91 Å². The molecule has 6 nitrogen and oxygen atoms in total. The van der Waals surface area contributed by atoms with Gasteiger partial charge in [-0.15, -0.1) is 0 Å². The van der Waals surface area contributed by atoms with Crippen molar-refractivity contribution < 1.29 is 13.2 Å². The third kappa shape index (κ3) is 5.53. The summed E-state index contributed by atoms with van der Waals surface area (Å²) >= 11 is 0. The van der Waals surface area contributed by atoms with Crippen molar-refractivity contribution >= 4 is 21.4 Å². The molecule has 0 aliphatic heterocycles. The van der Waals surface area contributed by atoms with E-state index in [4.69, 9.17) is 5.26 Å². The van der Waals surface area contributed by atoms with Crippen molar-refractivity contribution in [2.24, 2.45) is 0 Å². The van der Waals surface area contributed by atoms with Gasteiger partial charge in [-0.05, 0) is 26.1 Å². The van der Waals surface area contributed by atoms with E-state index in [0.717, 1.165) is 6.26 Å². The number of benzene rings is 1. The van der Waals surface area contributed by atoms with Crippen LogP contribution in [-0.4, -0.2) is 50.9 Å². The van der Waals surface area contributed by atoms with Gasteiger partial charge in [-0.25, -0.2) is 8.42 Å². The molecule has 0 heterocycles. The number of likely N-dealkylation sites (N-methyl/N-ethyl adjacent to an activating group) is 1. The summed E-state index contributed by atoms with van der Waals surface area (Å²) in [6.45, 7) is 1.96. The van der Waals surface area contributed by atoms with Crippen molar-refractivity contribution in [2.45, 2.75) is 13.0 Å². The van der Waals surface area contributed by atoms with Gasteiger partial charge < -0.3 is 5.32 Å². The maximum atomic E-state index is 12.1. The number of hydrogen-bond donors (Lipinski definition) is 1. The Kier molecular flexibility index (Phi) is 5.88. The zero-order chi connectivity index (χ0) is 16.0. The first kappa shape index (κ1) is 17.1. The normalized spacial score (nSPS) is 12.7. The molecule has 1 N–H and O–H groups in total. The van der Waals surface area contributed by atoms with E-state index in [-0.39, 0.29) is 18.2 Å². The summed E-state index contributed by atoms with van der Waals surface area (Å²) in [5.74, 6) is -0.288. The molecule has 0 saturated heterocycles. The lowest BCUT2D eigenvalue weighted by molar-refractivity contribution is -0.120. The maximum absolute atomic E-state index is 12.1. The van der Waals surface area contributed by atoms with Gasteiger partial charge in [-0.2, -0.15) is 5.26 Å². The summed E-state index contributed by atoms with van der Waals surface area (Å²) in [6.07, 6.45) is 1.16. The van der Waals surface area contributed by atoms with E-state index >= 15 is 0 Å². The highest BCUT2D eigenvalue weighted by molar-refractivity contribution is 7.90. The highest BCUT2D eigenvalue weighted by atomic mass is 32.2. The van der Waals surface area contributed by atoms with Crippen molar-refractivity contribution in [3.8, 4) is 6.07 Å². The molecule has 1 rings (SSSR count). The number of para-hydroxylation sites is 1. The minimum Gasteiger partial charge on any atom is -0.324 e. The van der Waals surface area contributed by atoms with Crippen LogP contribution in [0.1, 0.15) is 12.5 Å². The van der Waals surface area contributed by atoms with Gasteiger partial charge in [0.05, 0.1) is 23.0 Å². The number of hydrogen-bond acceptors (Lipinski definition) is 5. The molecule has 0 aliphatic rings. The van der Waals surface area contributed by atoms with E-state index in [1.54, 1.807) is 43.1 Å². The van der Waals surface area contributed by atoms with E-state index in [1.807, 2.05) is 6.07 Å². The van der Waals surface area contributed by atoms with Crippen LogP contribution in [0.15, 0.2) is 24.3 Å². The zero-order valence-corrected chi connectivity index (χ0v) is 13.1. The molecule has 1 unspecified atom stereocenters. The van der Waals surface area contributed by atoms with E-state index in [2.05, 4.69) is 5.32 Å². The first-order chi connectivity index (χ1) is 9.74. The lowest BCUT2D eigenvalue weighted by Crippen LogP contribution is -2.41. The summed E-state index contributed by atoms with van der Waals surface area (Å²) in [7, 11) is -1.38. The zero-order valence-electron chi connectivity index (χ0n) is 12.3. The Balaban J connectivity index is 2.68. The van der Waals surface area contributed by atoms with Crippen molar-refractivity contribution in [3.05, 3.63) is 29.8 Å². The van der Waals surface area contributed by atoms with Gasteiger partial charge in [-0.1, -0.05) is 12.1 Å². The largest absolute Gasteiger partial charge is 0.324 e. The predicted molar refractivity (Wildman–Crippen MR) is 81.6 cm³/mol. The number of rotatable bonds is 6. The number of carbonyl (C=O) groups is 1. The monoisotopic (exact) mass is 309 g/mol. The van der Waals surface area contributed by atoms with Gasteiger partial charge in [-0.3, -0.25) is 9.69 Å². The number of nitriles is 1. The average Bonchev–Trinajstić information content (AvgIpc) is 2.43. The molecule has 0 spiro atoms. The van der Waals surface area contributed by atoms with E-state index < -0.39 is 15.9 Å². The van der Waals surface area contributed by atoms with Crippen LogP contribution >= 0.6 is 0 Å². The van der Waals surface area contributed by atoms with Crippen molar-refractivity contribution in [1.29, 1.82) is 5.26 Å². The summed E-state index contributed by atoms with van der Waals surface area (Å²) in [5, 5.41) is 11.7. The second kappa shape index (κ2) is 7.20. The minimum absolute atomic E-state index is 0.00406. The molecule has 1 atom stereocenters. The summed E-state index contributed by atoms with van der Waals surface area (Å²) in [4.78, 5) is 13.8. The van der Waals surface area contributed by atoms with Crippen LogP contribution in [0.3, 0.4) is 0 Å². The number of carbonyl (C=O) groups excluding carboxylic acids is 1. The Morgan fingerprint density at radius 3 is 2.62 bits per heavy atom. The molecule has 1 amide bonds. The topological polar surface area (TPSA) is 90.3 Å². The third-order valence-corrected chi connectivity index (χ3v) is 4.08. The van der Waals surface area contributed by atoms with Crippen LogP contribution in [0.2, 0.25) is 0 Å².